The molecule has 0 saturated carbocycles. The second-order valence-electron chi connectivity index (χ2n) is 7.39. The third kappa shape index (κ3) is 4.36. The predicted molar refractivity (Wildman–Crippen MR) is 97.3 cm³/mol. The van der Waals surface area contributed by atoms with E-state index >= 15 is 0 Å². The van der Waals surface area contributed by atoms with E-state index in [9.17, 15) is 18.3 Å². The molecule has 2 aliphatic rings. The zero-order valence-electron chi connectivity index (χ0n) is 15.0. The summed E-state index contributed by atoms with van der Waals surface area (Å²) in [5.74, 6) is 0. The van der Waals surface area contributed by atoms with Gasteiger partial charge in [0.1, 0.15) is 0 Å². The monoisotopic (exact) mass is 382 g/mol. The van der Waals surface area contributed by atoms with E-state index in [1.54, 1.807) is 0 Å². The predicted octanol–water partition coefficient (Wildman–Crippen LogP) is 2.00. The van der Waals surface area contributed by atoms with Crippen molar-refractivity contribution in [1.29, 1.82) is 0 Å². The standard InChI is InChI=1S/C18H26N2O5S/c1-26(23,24)25-13-16-18(8-5-10-20(16)17(21)22)9-11-19(14-18)12-15-6-3-2-4-7-15/h2-4,6-7,16H,5,8-14H2,1H3,(H,21,22). The fourth-order valence-corrected chi connectivity index (χ4v) is 4.75. The summed E-state index contributed by atoms with van der Waals surface area (Å²) in [6.07, 6.45) is 2.53. The topological polar surface area (TPSA) is 87.2 Å². The smallest absolute Gasteiger partial charge is 0.407 e. The molecule has 0 bridgehead atoms. The number of hydrogen-bond acceptors (Lipinski definition) is 5. The van der Waals surface area contributed by atoms with Crippen molar-refractivity contribution in [2.75, 3.05) is 32.5 Å². The normalized spacial score (nSPS) is 27.1. The number of amides is 1. The molecule has 144 valence electrons. The molecule has 8 heteroatoms. The van der Waals surface area contributed by atoms with Gasteiger partial charge in [-0.15, -0.1) is 0 Å². The Morgan fingerprint density at radius 3 is 2.65 bits per heavy atom. The summed E-state index contributed by atoms with van der Waals surface area (Å²) in [6.45, 7) is 2.76. The lowest BCUT2D eigenvalue weighted by molar-refractivity contribution is 0.00120. The Morgan fingerprint density at radius 2 is 2.00 bits per heavy atom. The molecule has 0 aromatic heterocycles. The summed E-state index contributed by atoms with van der Waals surface area (Å²) in [5, 5.41) is 9.59. The second-order valence-corrected chi connectivity index (χ2v) is 9.04. The van der Waals surface area contributed by atoms with Gasteiger partial charge in [-0.3, -0.25) is 9.08 Å². The maximum atomic E-state index is 11.7. The van der Waals surface area contributed by atoms with Gasteiger partial charge in [0.2, 0.25) is 0 Å². The molecule has 2 aliphatic heterocycles. The van der Waals surface area contributed by atoms with Gasteiger partial charge in [0.25, 0.3) is 10.1 Å². The maximum Gasteiger partial charge on any atom is 0.407 e. The molecule has 1 N–H and O–H groups in total. The third-order valence-electron chi connectivity index (χ3n) is 5.56. The van der Waals surface area contributed by atoms with E-state index in [4.69, 9.17) is 4.18 Å². The van der Waals surface area contributed by atoms with E-state index in [1.807, 2.05) is 18.2 Å². The Labute approximate surface area is 154 Å². The molecule has 1 aromatic rings. The number of benzene rings is 1. The van der Waals surface area contributed by atoms with Gasteiger partial charge in [-0.05, 0) is 31.4 Å². The van der Waals surface area contributed by atoms with Gasteiger partial charge < -0.3 is 10.0 Å². The quantitative estimate of drug-likeness (QED) is 0.784. The van der Waals surface area contributed by atoms with Crippen molar-refractivity contribution in [2.45, 2.75) is 31.8 Å². The second kappa shape index (κ2) is 7.54. The highest BCUT2D eigenvalue weighted by atomic mass is 32.2. The molecule has 2 saturated heterocycles. The van der Waals surface area contributed by atoms with Crippen LogP contribution >= 0.6 is 0 Å². The number of carbonyl (C=O) groups is 1. The van der Waals surface area contributed by atoms with Crippen molar-refractivity contribution < 1.29 is 22.5 Å². The van der Waals surface area contributed by atoms with Crippen molar-refractivity contribution in [3.8, 4) is 0 Å². The number of hydrogen-bond donors (Lipinski definition) is 1. The van der Waals surface area contributed by atoms with Gasteiger partial charge in [0.05, 0.1) is 18.9 Å². The minimum atomic E-state index is -3.61. The molecule has 0 aliphatic carbocycles. The van der Waals surface area contributed by atoms with Crippen molar-refractivity contribution in [2.24, 2.45) is 5.41 Å². The highest BCUT2D eigenvalue weighted by molar-refractivity contribution is 7.85. The molecular weight excluding hydrogens is 356 g/mol. The van der Waals surface area contributed by atoms with E-state index in [1.165, 1.54) is 10.5 Å². The molecule has 2 heterocycles. The fourth-order valence-electron chi connectivity index (χ4n) is 4.38. The van der Waals surface area contributed by atoms with Crippen molar-refractivity contribution in [3.05, 3.63) is 35.9 Å². The average Bonchev–Trinajstić information content (AvgIpc) is 2.96. The lowest BCUT2D eigenvalue weighted by Crippen LogP contribution is -2.57. The first-order chi connectivity index (χ1) is 12.3. The Bertz CT molecular complexity index is 739. The summed E-state index contributed by atoms with van der Waals surface area (Å²) >= 11 is 0. The Kier molecular flexibility index (Phi) is 5.55. The molecule has 7 nitrogen and oxygen atoms in total. The molecule has 1 amide bonds. The first-order valence-corrected chi connectivity index (χ1v) is 10.7. The highest BCUT2D eigenvalue weighted by Crippen LogP contribution is 2.44. The molecule has 1 aromatic carbocycles. The average molecular weight is 382 g/mol. The highest BCUT2D eigenvalue weighted by Gasteiger charge is 2.50. The van der Waals surface area contributed by atoms with Crippen LogP contribution in [-0.4, -0.2) is 68.0 Å². The molecule has 26 heavy (non-hydrogen) atoms. The Morgan fingerprint density at radius 1 is 1.27 bits per heavy atom. The van der Waals surface area contributed by atoms with Crippen molar-refractivity contribution in [3.63, 3.8) is 0 Å². The number of rotatable bonds is 5. The largest absolute Gasteiger partial charge is 0.465 e. The molecule has 2 atom stereocenters. The number of likely N-dealkylation sites (tertiary alicyclic amines) is 2. The van der Waals surface area contributed by atoms with Crippen LogP contribution in [-0.2, 0) is 20.8 Å². The maximum absolute atomic E-state index is 11.7. The summed E-state index contributed by atoms with van der Waals surface area (Å²) in [7, 11) is -3.61. The van der Waals surface area contributed by atoms with Crippen LogP contribution in [0.1, 0.15) is 24.8 Å². The van der Waals surface area contributed by atoms with E-state index in [0.717, 1.165) is 45.2 Å². The summed E-state index contributed by atoms with van der Waals surface area (Å²) in [6, 6.07) is 9.73. The van der Waals surface area contributed by atoms with E-state index in [0.29, 0.717) is 6.54 Å². The van der Waals surface area contributed by atoms with Gasteiger partial charge in [-0.2, -0.15) is 8.42 Å². The third-order valence-corrected chi connectivity index (χ3v) is 6.12. The van der Waals surface area contributed by atoms with Crippen LogP contribution in [0.15, 0.2) is 30.3 Å². The molecule has 3 rings (SSSR count). The van der Waals surface area contributed by atoms with Crippen molar-refractivity contribution >= 4 is 16.2 Å². The Hall–Kier alpha value is -1.64. The van der Waals surface area contributed by atoms with Gasteiger partial charge >= 0.3 is 6.09 Å². The van der Waals surface area contributed by atoms with Crippen LogP contribution in [0, 0.1) is 5.41 Å². The Balaban J connectivity index is 1.77. The van der Waals surface area contributed by atoms with Gasteiger partial charge in [-0.1, -0.05) is 30.3 Å². The van der Waals surface area contributed by atoms with Crippen molar-refractivity contribution in [1.82, 2.24) is 9.80 Å². The zero-order valence-corrected chi connectivity index (χ0v) is 15.8. The van der Waals surface area contributed by atoms with Crippen LogP contribution in [0.5, 0.6) is 0 Å². The van der Waals surface area contributed by atoms with Gasteiger partial charge in [0, 0.05) is 25.0 Å². The SMILES string of the molecule is CS(=O)(=O)OCC1N(C(=O)O)CCCC12CCN(Cc1ccccc1)C2. The molecule has 0 radical (unpaired) electrons. The van der Waals surface area contributed by atoms with Gasteiger partial charge in [0.15, 0.2) is 0 Å². The van der Waals surface area contributed by atoms with E-state index < -0.39 is 22.3 Å². The summed E-state index contributed by atoms with van der Waals surface area (Å²) in [4.78, 5) is 15.4. The zero-order chi connectivity index (χ0) is 18.8. The number of carboxylic acid groups (broad SMARTS) is 1. The molecule has 1 spiro atoms. The minimum absolute atomic E-state index is 0.107. The van der Waals surface area contributed by atoms with Crippen LogP contribution in [0.3, 0.4) is 0 Å². The van der Waals surface area contributed by atoms with Gasteiger partial charge in [-0.25, -0.2) is 4.79 Å². The molecule has 2 fully saturated rings. The minimum Gasteiger partial charge on any atom is -0.465 e. The summed E-state index contributed by atoms with van der Waals surface area (Å²) < 4.78 is 28.0. The first kappa shape index (κ1) is 19.1. The first-order valence-electron chi connectivity index (χ1n) is 8.89. The van der Waals surface area contributed by atoms with Crippen LogP contribution in [0.2, 0.25) is 0 Å². The fraction of sp³-hybridized carbons (Fsp3) is 0.611. The summed E-state index contributed by atoms with van der Waals surface area (Å²) in [5.41, 5.74) is 0.968. The van der Waals surface area contributed by atoms with Crippen LogP contribution in [0.25, 0.3) is 0 Å². The van der Waals surface area contributed by atoms with E-state index in [2.05, 4.69) is 17.0 Å². The number of nitrogens with zero attached hydrogens (tertiary/aromatic N) is 2. The van der Waals surface area contributed by atoms with E-state index in [-0.39, 0.29) is 12.0 Å². The molecule has 2 unspecified atom stereocenters. The lowest BCUT2D eigenvalue weighted by atomic mass is 9.72. The molecular formula is C18H26N2O5S. The van der Waals surface area contributed by atoms with Crippen LogP contribution in [0.4, 0.5) is 4.79 Å². The number of piperidine rings is 1. The van der Waals surface area contributed by atoms with Crippen LogP contribution < -0.4 is 0 Å². The lowest BCUT2D eigenvalue weighted by Gasteiger charge is -2.46.